The topological polar surface area (TPSA) is 102 Å². The fourth-order valence-electron chi connectivity index (χ4n) is 2.19. The van der Waals surface area contributed by atoms with Crippen LogP contribution in [0.2, 0.25) is 0 Å². The Morgan fingerprint density at radius 2 is 2.08 bits per heavy atom. The van der Waals surface area contributed by atoms with Crippen LogP contribution < -0.4 is 16.5 Å². The lowest BCUT2D eigenvalue weighted by Crippen LogP contribution is -2.44. The minimum absolute atomic E-state index is 0.308. The standard InChI is InChI=1S/C14H13BrN6O3/c1-19-7-9(15)6-10(19)13(23)17-16-12(22)8-21-14(24)20-5-3-2-4-11(20)18-21/h2-7H,8H2,1H3,(H,16,22)(H,17,23). The first-order valence-electron chi connectivity index (χ1n) is 6.91. The number of fused-ring (bicyclic) bond motifs is 1. The van der Waals surface area contributed by atoms with Gasteiger partial charge in [0.2, 0.25) is 0 Å². The van der Waals surface area contributed by atoms with E-state index in [1.165, 1.54) is 4.40 Å². The van der Waals surface area contributed by atoms with Crippen molar-refractivity contribution < 1.29 is 9.59 Å². The molecule has 0 saturated carbocycles. The number of pyridine rings is 1. The number of hydrogen-bond donors (Lipinski definition) is 2. The molecule has 2 amide bonds. The zero-order chi connectivity index (χ0) is 17.3. The summed E-state index contributed by atoms with van der Waals surface area (Å²) in [5, 5.41) is 4.04. The van der Waals surface area contributed by atoms with Gasteiger partial charge >= 0.3 is 5.69 Å². The Kier molecular flexibility index (Phi) is 4.21. The third-order valence-electron chi connectivity index (χ3n) is 3.30. The number of aryl methyl sites for hydroxylation is 1. The predicted octanol–water partition coefficient (Wildman–Crippen LogP) is 0.0582. The van der Waals surface area contributed by atoms with Gasteiger partial charge < -0.3 is 4.57 Å². The molecule has 2 N–H and O–H groups in total. The Morgan fingerprint density at radius 1 is 1.29 bits per heavy atom. The second-order valence-electron chi connectivity index (χ2n) is 5.03. The van der Waals surface area contributed by atoms with E-state index in [4.69, 9.17) is 0 Å². The van der Waals surface area contributed by atoms with Crippen LogP contribution in [0.1, 0.15) is 10.5 Å². The number of hydrogen-bond acceptors (Lipinski definition) is 4. The van der Waals surface area contributed by atoms with Crippen LogP contribution in [-0.2, 0) is 18.4 Å². The molecule has 3 heterocycles. The molecule has 10 heteroatoms. The summed E-state index contributed by atoms with van der Waals surface area (Å²) in [6, 6.07) is 6.71. The van der Waals surface area contributed by atoms with Gasteiger partial charge in [0.25, 0.3) is 11.8 Å². The van der Waals surface area contributed by atoms with Crippen molar-refractivity contribution in [3.8, 4) is 0 Å². The van der Waals surface area contributed by atoms with E-state index in [1.807, 2.05) is 0 Å². The molecule has 0 aromatic carbocycles. The average molecular weight is 393 g/mol. The number of halogens is 1. The lowest BCUT2D eigenvalue weighted by molar-refractivity contribution is -0.122. The minimum atomic E-state index is -0.567. The number of hydrazine groups is 1. The lowest BCUT2D eigenvalue weighted by Gasteiger charge is -2.07. The molecule has 0 bridgehead atoms. The average Bonchev–Trinajstić information content (AvgIpc) is 3.05. The fraction of sp³-hybridized carbons (Fsp3) is 0.143. The Bertz CT molecular complexity index is 986. The monoisotopic (exact) mass is 392 g/mol. The molecule has 3 rings (SSSR count). The lowest BCUT2D eigenvalue weighted by atomic mass is 10.4. The van der Waals surface area contributed by atoms with Crippen molar-refractivity contribution in [2.75, 3.05) is 0 Å². The van der Waals surface area contributed by atoms with E-state index in [-0.39, 0.29) is 6.54 Å². The SMILES string of the molecule is Cn1cc(Br)cc1C(=O)NNC(=O)Cn1nc2ccccn2c1=O. The number of nitrogens with one attached hydrogen (secondary N) is 2. The normalized spacial score (nSPS) is 10.8. The summed E-state index contributed by atoms with van der Waals surface area (Å²) in [5.41, 5.74) is 4.93. The quantitative estimate of drug-likeness (QED) is 0.615. The van der Waals surface area contributed by atoms with Gasteiger partial charge in [0, 0.05) is 23.9 Å². The Hall–Kier alpha value is -2.88. The van der Waals surface area contributed by atoms with Crippen molar-refractivity contribution in [1.29, 1.82) is 0 Å². The molecule has 0 unspecified atom stereocenters. The third kappa shape index (κ3) is 3.08. The van der Waals surface area contributed by atoms with E-state index in [9.17, 15) is 14.4 Å². The maximum absolute atomic E-state index is 12.1. The molecule has 0 radical (unpaired) electrons. The first-order valence-corrected chi connectivity index (χ1v) is 7.70. The Labute approximate surface area is 144 Å². The van der Waals surface area contributed by atoms with Crippen molar-refractivity contribution in [1.82, 2.24) is 29.6 Å². The van der Waals surface area contributed by atoms with Crippen molar-refractivity contribution >= 4 is 33.4 Å². The van der Waals surface area contributed by atoms with Gasteiger partial charge in [0.15, 0.2) is 5.65 Å². The number of rotatable bonds is 3. The summed E-state index contributed by atoms with van der Waals surface area (Å²) in [6.07, 6.45) is 3.28. The van der Waals surface area contributed by atoms with E-state index in [0.29, 0.717) is 11.3 Å². The van der Waals surface area contributed by atoms with Crippen LogP contribution in [0.4, 0.5) is 0 Å². The molecule has 9 nitrogen and oxygen atoms in total. The molecule has 124 valence electrons. The predicted molar refractivity (Wildman–Crippen MR) is 88.2 cm³/mol. The van der Waals surface area contributed by atoms with Gasteiger partial charge in [-0.15, -0.1) is 5.10 Å². The van der Waals surface area contributed by atoms with E-state index >= 15 is 0 Å². The van der Waals surface area contributed by atoms with E-state index in [2.05, 4.69) is 31.9 Å². The molecular formula is C14H13BrN6O3. The van der Waals surface area contributed by atoms with Gasteiger partial charge in [0.1, 0.15) is 12.2 Å². The highest BCUT2D eigenvalue weighted by Crippen LogP contribution is 2.13. The molecule has 0 spiro atoms. The number of aromatic nitrogens is 4. The van der Waals surface area contributed by atoms with Crippen LogP contribution in [-0.4, -0.2) is 30.6 Å². The Balaban J connectivity index is 1.65. The van der Waals surface area contributed by atoms with Gasteiger partial charge in [-0.1, -0.05) is 6.07 Å². The molecule has 24 heavy (non-hydrogen) atoms. The summed E-state index contributed by atoms with van der Waals surface area (Å²) >= 11 is 3.26. The van der Waals surface area contributed by atoms with Gasteiger partial charge in [-0.25, -0.2) is 9.48 Å². The summed E-state index contributed by atoms with van der Waals surface area (Å²) in [5.74, 6) is -1.04. The first-order chi connectivity index (χ1) is 11.5. The second-order valence-corrected chi connectivity index (χ2v) is 5.94. The maximum atomic E-state index is 12.1. The van der Waals surface area contributed by atoms with Crippen molar-refractivity contribution in [2.24, 2.45) is 7.05 Å². The highest BCUT2D eigenvalue weighted by molar-refractivity contribution is 9.10. The molecule has 0 fully saturated rings. The number of carbonyl (C=O) groups excluding carboxylic acids is 2. The van der Waals surface area contributed by atoms with Crippen LogP contribution in [0.3, 0.4) is 0 Å². The van der Waals surface area contributed by atoms with Crippen LogP contribution in [0.15, 0.2) is 45.9 Å². The first kappa shape index (κ1) is 16.0. The second kappa shape index (κ2) is 6.32. The minimum Gasteiger partial charge on any atom is -0.345 e. The maximum Gasteiger partial charge on any atom is 0.350 e. The van der Waals surface area contributed by atoms with Crippen LogP contribution in [0, 0.1) is 0 Å². The van der Waals surface area contributed by atoms with Crippen molar-refractivity contribution in [3.63, 3.8) is 0 Å². The van der Waals surface area contributed by atoms with Gasteiger partial charge in [-0.3, -0.25) is 24.8 Å². The van der Waals surface area contributed by atoms with Gasteiger partial charge in [-0.05, 0) is 34.1 Å². The largest absolute Gasteiger partial charge is 0.350 e. The summed E-state index contributed by atoms with van der Waals surface area (Å²) < 4.78 is 4.71. The van der Waals surface area contributed by atoms with E-state index in [1.54, 1.807) is 48.3 Å². The smallest absolute Gasteiger partial charge is 0.345 e. The molecule has 0 aliphatic rings. The molecule has 0 atom stereocenters. The third-order valence-corrected chi connectivity index (χ3v) is 3.74. The van der Waals surface area contributed by atoms with Gasteiger partial charge in [-0.2, -0.15) is 0 Å². The molecule has 3 aromatic rings. The molecule has 0 saturated heterocycles. The van der Waals surface area contributed by atoms with E-state index in [0.717, 1.165) is 9.15 Å². The van der Waals surface area contributed by atoms with E-state index < -0.39 is 17.5 Å². The molecule has 3 aromatic heterocycles. The molecular weight excluding hydrogens is 380 g/mol. The van der Waals surface area contributed by atoms with Crippen LogP contribution in [0.25, 0.3) is 5.65 Å². The van der Waals surface area contributed by atoms with Crippen molar-refractivity contribution in [2.45, 2.75) is 6.54 Å². The summed E-state index contributed by atoms with van der Waals surface area (Å²) in [6.45, 7) is -0.308. The zero-order valence-electron chi connectivity index (χ0n) is 12.6. The highest BCUT2D eigenvalue weighted by atomic mass is 79.9. The van der Waals surface area contributed by atoms with Gasteiger partial charge in [0.05, 0.1) is 0 Å². The zero-order valence-corrected chi connectivity index (χ0v) is 14.1. The molecule has 0 aliphatic heterocycles. The number of amides is 2. The Morgan fingerprint density at radius 3 is 2.75 bits per heavy atom. The number of carbonyl (C=O) groups is 2. The fourth-order valence-corrected chi connectivity index (χ4v) is 2.71. The van der Waals surface area contributed by atoms with Crippen LogP contribution >= 0.6 is 15.9 Å². The highest BCUT2D eigenvalue weighted by Gasteiger charge is 2.14. The summed E-state index contributed by atoms with van der Waals surface area (Å²) in [4.78, 5) is 36.0. The number of nitrogens with zero attached hydrogens (tertiary/aromatic N) is 4. The molecule has 0 aliphatic carbocycles. The van der Waals surface area contributed by atoms with Crippen LogP contribution in [0.5, 0.6) is 0 Å². The summed E-state index contributed by atoms with van der Waals surface area (Å²) in [7, 11) is 1.71. The van der Waals surface area contributed by atoms with Crippen molar-refractivity contribution in [3.05, 3.63) is 57.3 Å².